The zero-order chi connectivity index (χ0) is 21.8. The Balaban J connectivity index is 2.47. The third kappa shape index (κ3) is 5.33. The first-order valence-corrected chi connectivity index (χ1v) is 9.11. The number of nitrogens with one attached hydrogen (secondary N) is 1. The lowest BCUT2D eigenvalue weighted by Gasteiger charge is -2.06. The second-order valence-corrected chi connectivity index (χ2v) is 6.89. The number of non-ortho nitro benzene ring substituents is 1. The maximum atomic E-state index is 12.3. The van der Waals surface area contributed by atoms with Crippen LogP contribution in [0.2, 0.25) is 0 Å². The normalized spacial score (nSPS) is 12.5. The number of carbonyl (C=O) groups is 1. The van der Waals surface area contributed by atoms with Gasteiger partial charge in [-0.2, -0.15) is 8.42 Å². The predicted octanol–water partition coefficient (Wildman–Crippen LogP) is 3.06. The van der Waals surface area contributed by atoms with Crippen molar-refractivity contribution in [2.45, 2.75) is 11.8 Å². The molecule has 12 nitrogen and oxygen atoms in total. The van der Waals surface area contributed by atoms with Gasteiger partial charge in [-0.05, 0) is 19.1 Å². The smallest absolute Gasteiger partial charge is 0.298 e. The molecule has 0 fully saturated rings. The largest absolute Gasteiger partial charge is 0.510 e. The van der Waals surface area contributed by atoms with Crippen molar-refractivity contribution in [2.24, 2.45) is 10.2 Å². The highest BCUT2D eigenvalue weighted by Crippen LogP contribution is 2.38. The number of hydrogen-bond acceptors (Lipinski definition) is 9. The standard InChI is InChI=1S/C16H14N4O8S/c1-9(21)14(16(23)17-10-5-3-2-4-6-10)19-18-12-7-11(20(24)25)8-13(15(12)22)29(26,27)28/h2-8,21-22H,1H3,(H,17,23)(H,26,27,28)/b14-9+,19-18?. The van der Waals surface area contributed by atoms with Crippen molar-refractivity contribution < 1.29 is 32.9 Å². The van der Waals surface area contributed by atoms with E-state index in [0.29, 0.717) is 17.8 Å². The highest BCUT2D eigenvalue weighted by molar-refractivity contribution is 7.86. The van der Waals surface area contributed by atoms with Crippen LogP contribution in [-0.4, -0.2) is 34.0 Å². The van der Waals surface area contributed by atoms with E-state index < -0.39 is 54.4 Å². The van der Waals surface area contributed by atoms with Crippen molar-refractivity contribution in [2.75, 3.05) is 5.32 Å². The molecule has 0 spiro atoms. The summed E-state index contributed by atoms with van der Waals surface area (Å²) in [6, 6.07) is 9.22. The molecule has 13 heteroatoms. The molecule has 0 atom stereocenters. The van der Waals surface area contributed by atoms with Crippen LogP contribution >= 0.6 is 0 Å². The van der Waals surface area contributed by atoms with Gasteiger partial charge in [0.15, 0.2) is 11.4 Å². The lowest BCUT2D eigenvalue weighted by molar-refractivity contribution is -0.385. The number of para-hydroxylation sites is 1. The first-order valence-electron chi connectivity index (χ1n) is 7.67. The number of aliphatic hydroxyl groups is 1. The van der Waals surface area contributed by atoms with E-state index in [1.165, 1.54) is 0 Å². The van der Waals surface area contributed by atoms with Crippen LogP contribution in [0.25, 0.3) is 0 Å². The minimum Gasteiger partial charge on any atom is -0.510 e. The second-order valence-electron chi connectivity index (χ2n) is 5.50. The molecule has 1 amide bonds. The van der Waals surface area contributed by atoms with E-state index in [1.54, 1.807) is 30.3 Å². The zero-order valence-electron chi connectivity index (χ0n) is 14.7. The van der Waals surface area contributed by atoms with Crippen molar-refractivity contribution in [3.8, 4) is 5.75 Å². The van der Waals surface area contributed by atoms with Gasteiger partial charge in [0.1, 0.15) is 16.3 Å². The number of carbonyl (C=O) groups excluding carboxylic acids is 1. The first-order chi connectivity index (χ1) is 13.5. The van der Waals surface area contributed by atoms with Crippen LogP contribution in [0.1, 0.15) is 6.92 Å². The maximum absolute atomic E-state index is 12.3. The van der Waals surface area contributed by atoms with Gasteiger partial charge in [-0.3, -0.25) is 19.5 Å². The molecule has 0 aliphatic rings. The number of phenols is 1. The van der Waals surface area contributed by atoms with Crippen molar-refractivity contribution in [3.63, 3.8) is 0 Å². The topological polar surface area (TPSA) is 192 Å². The number of amides is 1. The third-order valence-corrected chi connectivity index (χ3v) is 4.24. The lowest BCUT2D eigenvalue weighted by Crippen LogP contribution is -2.14. The van der Waals surface area contributed by atoms with Crippen LogP contribution in [-0.2, 0) is 14.9 Å². The van der Waals surface area contributed by atoms with E-state index in [4.69, 9.17) is 4.55 Å². The summed E-state index contributed by atoms with van der Waals surface area (Å²) in [6.45, 7) is 1.12. The summed E-state index contributed by atoms with van der Waals surface area (Å²) in [5.74, 6) is -2.58. The van der Waals surface area contributed by atoms with Crippen molar-refractivity contribution in [1.82, 2.24) is 0 Å². The van der Waals surface area contributed by atoms with Crippen LogP contribution in [0, 0.1) is 10.1 Å². The minimum absolute atomic E-state index is 0.373. The van der Waals surface area contributed by atoms with Gasteiger partial charge in [-0.1, -0.05) is 18.2 Å². The van der Waals surface area contributed by atoms with Crippen molar-refractivity contribution in [3.05, 3.63) is 64.0 Å². The fraction of sp³-hybridized carbons (Fsp3) is 0.0625. The number of nitro benzene ring substituents is 1. The molecule has 152 valence electrons. The number of hydrogen-bond donors (Lipinski definition) is 4. The summed E-state index contributed by atoms with van der Waals surface area (Å²) in [4.78, 5) is 21.1. The van der Waals surface area contributed by atoms with Crippen LogP contribution in [0.4, 0.5) is 17.1 Å². The number of aliphatic hydroxyl groups excluding tert-OH is 1. The first kappa shape index (κ1) is 21.5. The second kappa shape index (κ2) is 8.45. The van der Waals surface area contributed by atoms with E-state index in [0.717, 1.165) is 6.92 Å². The molecule has 4 N–H and O–H groups in total. The summed E-state index contributed by atoms with van der Waals surface area (Å²) in [6.07, 6.45) is 0. The number of allylic oxidation sites excluding steroid dienone is 1. The quantitative estimate of drug-likeness (QED) is 0.136. The Morgan fingerprint density at radius 1 is 1.21 bits per heavy atom. The fourth-order valence-corrected chi connectivity index (χ4v) is 2.67. The highest BCUT2D eigenvalue weighted by atomic mass is 32.2. The highest BCUT2D eigenvalue weighted by Gasteiger charge is 2.24. The maximum Gasteiger partial charge on any atom is 0.298 e. The predicted molar refractivity (Wildman–Crippen MR) is 99.5 cm³/mol. The van der Waals surface area contributed by atoms with E-state index in [2.05, 4.69) is 15.5 Å². The van der Waals surface area contributed by atoms with E-state index >= 15 is 0 Å². The average Bonchev–Trinajstić information content (AvgIpc) is 2.62. The summed E-state index contributed by atoms with van der Waals surface area (Å²) in [5, 5.41) is 39.9. The number of benzene rings is 2. The Morgan fingerprint density at radius 3 is 2.34 bits per heavy atom. The van der Waals surface area contributed by atoms with Gasteiger partial charge >= 0.3 is 0 Å². The molecular formula is C16H14N4O8S. The molecule has 29 heavy (non-hydrogen) atoms. The monoisotopic (exact) mass is 422 g/mol. The van der Waals surface area contributed by atoms with Crippen molar-refractivity contribution in [1.29, 1.82) is 0 Å². The summed E-state index contributed by atoms with van der Waals surface area (Å²) in [5.41, 5.74) is -1.77. The lowest BCUT2D eigenvalue weighted by atomic mass is 10.2. The molecule has 0 heterocycles. The molecule has 0 unspecified atom stereocenters. The van der Waals surface area contributed by atoms with E-state index in [9.17, 15) is 33.5 Å². The number of nitro groups is 1. The summed E-state index contributed by atoms with van der Waals surface area (Å²) >= 11 is 0. The Morgan fingerprint density at radius 2 is 1.83 bits per heavy atom. The zero-order valence-corrected chi connectivity index (χ0v) is 15.5. The Hall–Kier alpha value is -3.84. The van der Waals surface area contributed by atoms with Gasteiger partial charge in [0.25, 0.3) is 21.7 Å². The molecule has 2 aromatic carbocycles. The van der Waals surface area contributed by atoms with Crippen molar-refractivity contribution >= 4 is 33.1 Å². The molecular weight excluding hydrogens is 408 g/mol. The fourth-order valence-electron chi connectivity index (χ4n) is 2.05. The van der Waals surface area contributed by atoms with Gasteiger partial charge in [-0.25, -0.2) is 0 Å². The minimum atomic E-state index is -5.02. The van der Waals surface area contributed by atoms with Crippen LogP contribution in [0.3, 0.4) is 0 Å². The number of rotatable bonds is 6. The number of phenolic OH excluding ortho intramolecular Hbond substituents is 1. The molecule has 0 aromatic heterocycles. The Labute approximate surface area is 163 Å². The van der Waals surface area contributed by atoms with Gasteiger partial charge in [0.2, 0.25) is 0 Å². The van der Waals surface area contributed by atoms with Gasteiger partial charge in [-0.15, -0.1) is 10.2 Å². The molecule has 0 radical (unpaired) electrons. The number of aromatic hydroxyl groups is 1. The molecule has 0 bridgehead atoms. The molecule has 0 aliphatic heterocycles. The van der Waals surface area contributed by atoms with Crippen LogP contribution in [0.15, 0.2) is 69.0 Å². The average molecular weight is 422 g/mol. The van der Waals surface area contributed by atoms with Gasteiger partial charge < -0.3 is 15.5 Å². The Kier molecular flexibility index (Phi) is 6.25. The number of azo groups is 1. The number of nitrogens with zero attached hydrogens (tertiary/aromatic N) is 3. The molecule has 0 aliphatic carbocycles. The van der Waals surface area contributed by atoms with E-state index in [1.807, 2.05) is 0 Å². The van der Waals surface area contributed by atoms with Crippen LogP contribution < -0.4 is 5.32 Å². The molecule has 0 saturated heterocycles. The Bertz CT molecular complexity index is 1120. The summed E-state index contributed by atoms with van der Waals surface area (Å²) < 4.78 is 31.8. The van der Waals surface area contributed by atoms with Gasteiger partial charge in [0, 0.05) is 17.8 Å². The van der Waals surface area contributed by atoms with Crippen LogP contribution in [0.5, 0.6) is 5.75 Å². The molecule has 2 rings (SSSR count). The SMILES string of the molecule is C/C(O)=C(\N=Nc1cc([N+](=O)[O-])cc(S(=O)(=O)O)c1O)C(=O)Nc1ccccc1. The molecule has 2 aromatic rings. The third-order valence-electron chi connectivity index (χ3n) is 3.38. The van der Waals surface area contributed by atoms with E-state index in [-0.39, 0.29) is 0 Å². The molecule has 0 saturated carbocycles. The number of anilines is 1. The van der Waals surface area contributed by atoms with Gasteiger partial charge in [0.05, 0.1) is 4.92 Å². The summed E-state index contributed by atoms with van der Waals surface area (Å²) in [7, 11) is -5.02.